The standard InChI is InChI=1S/C17H24N2O5.C13H16N2O5/c1-12(15(21)18-10-14(20)24-17(2,3)4)19-16(22)23-11-13-8-6-5-7-9-13;1-9(12(18)14-7-11(16)17)15-13(19)20-8-10-5-3-2-4-6-10/h5-9,12H,10-11H2,1-4H3,(H,18,21)(H,19,22);2-6,9H,7-8H2,1H3,(H,14,18)(H,15,19)(H,16,17). The molecule has 0 aliphatic heterocycles. The van der Waals surface area contributed by atoms with Crippen LogP contribution in [0.3, 0.4) is 0 Å². The van der Waals surface area contributed by atoms with Crippen molar-refractivity contribution in [2.24, 2.45) is 0 Å². The lowest BCUT2D eigenvalue weighted by Gasteiger charge is -2.20. The van der Waals surface area contributed by atoms with Crippen LogP contribution in [0.4, 0.5) is 9.59 Å². The van der Waals surface area contributed by atoms with Crippen LogP contribution in [0.1, 0.15) is 45.7 Å². The van der Waals surface area contributed by atoms with Crippen LogP contribution in [0.25, 0.3) is 0 Å². The summed E-state index contributed by atoms with van der Waals surface area (Å²) in [7, 11) is 0. The minimum atomic E-state index is -1.16. The summed E-state index contributed by atoms with van der Waals surface area (Å²) in [5, 5.41) is 17.7. The number of carbonyl (C=O) groups excluding carboxylic acids is 5. The average Bonchev–Trinajstić information content (AvgIpc) is 2.97. The summed E-state index contributed by atoms with van der Waals surface area (Å²) in [6.45, 7) is 7.58. The van der Waals surface area contributed by atoms with E-state index in [2.05, 4.69) is 21.3 Å². The lowest BCUT2D eigenvalue weighted by atomic mass is 10.2. The molecule has 240 valence electrons. The van der Waals surface area contributed by atoms with Gasteiger partial charge in [-0.2, -0.15) is 0 Å². The van der Waals surface area contributed by atoms with Crippen LogP contribution < -0.4 is 21.3 Å². The van der Waals surface area contributed by atoms with E-state index in [1.165, 1.54) is 13.8 Å². The first kappa shape index (κ1) is 36.9. The van der Waals surface area contributed by atoms with Crippen LogP contribution in [-0.4, -0.2) is 71.8 Å². The van der Waals surface area contributed by atoms with Gasteiger partial charge in [-0.25, -0.2) is 9.59 Å². The molecule has 14 heteroatoms. The molecule has 2 aromatic rings. The van der Waals surface area contributed by atoms with E-state index < -0.39 is 60.2 Å². The Morgan fingerprint density at radius 1 is 0.682 bits per heavy atom. The van der Waals surface area contributed by atoms with Crippen molar-refractivity contribution >= 4 is 35.9 Å². The molecule has 0 bridgehead atoms. The minimum Gasteiger partial charge on any atom is -0.480 e. The second-order valence-electron chi connectivity index (χ2n) is 10.3. The number of carboxylic acids is 1. The lowest BCUT2D eigenvalue weighted by molar-refractivity contribution is -0.154. The number of hydrogen-bond donors (Lipinski definition) is 5. The van der Waals surface area contributed by atoms with Crippen molar-refractivity contribution in [3.8, 4) is 0 Å². The van der Waals surface area contributed by atoms with E-state index >= 15 is 0 Å². The summed E-state index contributed by atoms with van der Waals surface area (Å²) in [6, 6.07) is 16.6. The molecule has 4 amide bonds. The highest BCUT2D eigenvalue weighted by Gasteiger charge is 2.20. The molecule has 0 aromatic heterocycles. The van der Waals surface area contributed by atoms with Gasteiger partial charge in [0.05, 0.1) is 0 Å². The normalized spacial score (nSPS) is 11.7. The molecule has 0 saturated carbocycles. The fourth-order valence-electron chi connectivity index (χ4n) is 3.02. The van der Waals surface area contributed by atoms with Gasteiger partial charge in [-0.15, -0.1) is 0 Å². The first-order valence-corrected chi connectivity index (χ1v) is 13.6. The number of amides is 4. The molecule has 2 aromatic carbocycles. The molecule has 0 spiro atoms. The Morgan fingerprint density at radius 2 is 1.07 bits per heavy atom. The predicted molar refractivity (Wildman–Crippen MR) is 158 cm³/mol. The zero-order valence-corrected chi connectivity index (χ0v) is 25.4. The van der Waals surface area contributed by atoms with Gasteiger partial charge in [0, 0.05) is 0 Å². The van der Waals surface area contributed by atoms with Crippen LogP contribution in [0.5, 0.6) is 0 Å². The van der Waals surface area contributed by atoms with Crippen LogP contribution in [0.2, 0.25) is 0 Å². The van der Waals surface area contributed by atoms with Crippen molar-refractivity contribution in [2.75, 3.05) is 13.1 Å². The number of benzene rings is 2. The van der Waals surface area contributed by atoms with Gasteiger partial charge < -0.3 is 40.6 Å². The van der Waals surface area contributed by atoms with Crippen molar-refractivity contribution in [2.45, 2.75) is 65.5 Å². The predicted octanol–water partition coefficient (Wildman–Crippen LogP) is 2.26. The second kappa shape index (κ2) is 19.1. The maximum absolute atomic E-state index is 11.8. The summed E-state index contributed by atoms with van der Waals surface area (Å²) in [6.07, 6.45) is -1.45. The molecule has 44 heavy (non-hydrogen) atoms. The summed E-state index contributed by atoms with van der Waals surface area (Å²) >= 11 is 0. The molecule has 5 N–H and O–H groups in total. The van der Waals surface area contributed by atoms with Crippen molar-refractivity contribution in [1.29, 1.82) is 0 Å². The van der Waals surface area contributed by atoms with Gasteiger partial charge in [-0.05, 0) is 45.7 Å². The van der Waals surface area contributed by atoms with E-state index in [9.17, 15) is 28.8 Å². The number of aliphatic carboxylic acids is 1. The van der Waals surface area contributed by atoms with Gasteiger partial charge in [0.1, 0.15) is 44.0 Å². The molecule has 0 radical (unpaired) electrons. The molecule has 0 saturated heterocycles. The van der Waals surface area contributed by atoms with Crippen LogP contribution in [0, 0.1) is 0 Å². The number of carbonyl (C=O) groups is 6. The third-order valence-electron chi connectivity index (χ3n) is 5.12. The highest BCUT2D eigenvalue weighted by Crippen LogP contribution is 2.06. The van der Waals surface area contributed by atoms with Gasteiger partial charge in [0.15, 0.2) is 0 Å². The summed E-state index contributed by atoms with van der Waals surface area (Å²) in [5.74, 6) is -2.80. The van der Waals surface area contributed by atoms with E-state index in [-0.39, 0.29) is 19.8 Å². The van der Waals surface area contributed by atoms with E-state index in [1.807, 2.05) is 48.5 Å². The van der Waals surface area contributed by atoms with Gasteiger partial charge in [-0.3, -0.25) is 19.2 Å². The van der Waals surface area contributed by atoms with E-state index in [0.717, 1.165) is 11.1 Å². The van der Waals surface area contributed by atoms with Crippen molar-refractivity contribution in [3.63, 3.8) is 0 Å². The Labute approximate surface area is 255 Å². The third kappa shape index (κ3) is 17.6. The first-order chi connectivity index (χ1) is 20.7. The topological polar surface area (TPSA) is 198 Å². The lowest BCUT2D eigenvalue weighted by Crippen LogP contribution is -2.46. The fraction of sp³-hybridized carbons (Fsp3) is 0.400. The van der Waals surface area contributed by atoms with Crippen LogP contribution in [0.15, 0.2) is 60.7 Å². The third-order valence-corrected chi connectivity index (χ3v) is 5.12. The van der Waals surface area contributed by atoms with Gasteiger partial charge in [-0.1, -0.05) is 60.7 Å². The molecular formula is C30H40N4O10. The number of nitrogens with one attached hydrogen (secondary N) is 4. The molecule has 0 fully saturated rings. The van der Waals surface area contributed by atoms with Crippen molar-refractivity contribution < 1.29 is 48.1 Å². The second-order valence-corrected chi connectivity index (χ2v) is 10.3. The zero-order valence-electron chi connectivity index (χ0n) is 25.4. The molecule has 14 nitrogen and oxygen atoms in total. The molecule has 0 aliphatic carbocycles. The average molecular weight is 617 g/mol. The molecular weight excluding hydrogens is 576 g/mol. The van der Waals surface area contributed by atoms with Crippen LogP contribution in [-0.2, 0) is 46.6 Å². The molecule has 2 rings (SSSR count). The quantitative estimate of drug-likeness (QED) is 0.174. The number of alkyl carbamates (subject to hydrolysis) is 2. The summed E-state index contributed by atoms with van der Waals surface area (Å²) < 4.78 is 15.0. The Balaban J connectivity index is 0.000000447. The maximum atomic E-state index is 11.8. The largest absolute Gasteiger partial charge is 0.480 e. The fourth-order valence-corrected chi connectivity index (χ4v) is 3.02. The Hall–Kier alpha value is -5.14. The number of esters is 1. The molecule has 0 heterocycles. The van der Waals surface area contributed by atoms with Gasteiger partial charge in [0.25, 0.3) is 0 Å². The summed E-state index contributed by atoms with van der Waals surface area (Å²) in [4.78, 5) is 68.1. The smallest absolute Gasteiger partial charge is 0.408 e. The Kier molecular flexibility index (Phi) is 16.0. The van der Waals surface area contributed by atoms with Crippen molar-refractivity contribution in [1.82, 2.24) is 21.3 Å². The SMILES string of the molecule is CC(NC(=O)OCc1ccccc1)C(=O)NCC(=O)O.CC(NC(=O)OCc1ccccc1)C(=O)NCC(=O)OC(C)(C)C. The molecule has 2 atom stereocenters. The Bertz CT molecular complexity index is 1230. The minimum absolute atomic E-state index is 0.0934. The Morgan fingerprint density at radius 3 is 1.43 bits per heavy atom. The van der Waals surface area contributed by atoms with Gasteiger partial charge >= 0.3 is 24.1 Å². The number of carboxylic acid groups (broad SMARTS) is 1. The van der Waals surface area contributed by atoms with E-state index in [1.54, 1.807) is 32.9 Å². The highest BCUT2D eigenvalue weighted by atomic mass is 16.6. The number of hydrogen-bond acceptors (Lipinski definition) is 9. The van der Waals surface area contributed by atoms with Crippen LogP contribution >= 0.6 is 0 Å². The number of rotatable bonds is 12. The van der Waals surface area contributed by atoms with E-state index in [4.69, 9.17) is 19.3 Å². The van der Waals surface area contributed by atoms with E-state index in [0.29, 0.717) is 0 Å². The first-order valence-electron chi connectivity index (χ1n) is 13.6. The van der Waals surface area contributed by atoms with Gasteiger partial charge in [0.2, 0.25) is 11.8 Å². The monoisotopic (exact) mass is 616 g/mol. The number of ether oxygens (including phenoxy) is 3. The zero-order chi connectivity index (χ0) is 33.1. The maximum Gasteiger partial charge on any atom is 0.408 e. The van der Waals surface area contributed by atoms with Crippen molar-refractivity contribution in [3.05, 3.63) is 71.8 Å². The summed E-state index contributed by atoms with van der Waals surface area (Å²) in [5.41, 5.74) is 1.05. The highest BCUT2D eigenvalue weighted by molar-refractivity contribution is 5.88. The molecule has 0 aliphatic rings. The molecule has 2 unspecified atom stereocenters.